The van der Waals surface area contributed by atoms with Crippen LogP contribution in [0.2, 0.25) is 0 Å². The molecule has 1 aromatic carbocycles. The predicted molar refractivity (Wildman–Crippen MR) is 92.0 cm³/mol. The highest BCUT2D eigenvalue weighted by atomic mass is 79.9. The number of halogens is 1. The van der Waals surface area contributed by atoms with Crippen LogP contribution in [0, 0.1) is 0 Å². The van der Waals surface area contributed by atoms with E-state index in [1.165, 1.54) is 10.0 Å². The van der Waals surface area contributed by atoms with Gasteiger partial charge in [0.05, 0.1) is 0 Å². The normalized spacial score (nSPS) is 12.8. The molecule has 0 bridgehead atoms. The van der Waals surface area contributed by atoms with Crippen LogP contribution in [-0.4, -0.2) is 39.5 Å². The molecule has 0 aromatic heterocycles. The van der Waals surface area contributed by atoms with Gasteiger partial charge in [-0.15, -0.1) is 0 Å². The van der Waals surface area contributed by atoms with Gasteiger partial charge in [-0.2, -0.15) is 0 Å². The third kappa shape index (κ3) is 7.96. The molecule has 3 nitrogen and oxygen atoms in total. The lowest BCUT2D eigenvalue weighted by atomic mass is 9.95. The van der Waals surface area contributed by atoms with Gasteiger partial charge in [-0.25, -0.2) is 0 Å². The van der Waals surface area contributed by atoms with Crippen molar-refractivity contribution >= 4 is 15.9 Å². The number of methoxy groups -OCH3 is 1. The summed E-state index contributed by atoms with van der Waals surface area (Å²) in [5, 5.41) is 3.54. The molecule has 1 rings (SSSR count). The lowest BCUT2D eigenvalue weighted by molar-refractivity contribution is 0.0979. The monoisotopic (exact) mass is 357 g/mol. The fourth-order valence-electron chi connectivity index (χ4n) is 2.18. The molecule has 1 N–H and O–H groups in total. The van der Waals surface area contributed by atoms with Crippen LogP contribution >= 0.6 is 15.9 Å². The zero-order valence-electron chi connectivity index (χ0n) is 13.4. The Balaban J connectivity index is 2.47. The minimum absolute atomic E-state index is 0.463. The molecule has 1 aromatic rings. The van der Waals surface area contributed by atoms with E-state index in [1.807, 2.05) is 0 Å². The minimum atomic E-state index is 0.463. The predicted octanol–water partition coefficient (Wildman–Crippen LogP) is 3.97. The number of benzene rings is 1. The number of ether oxygens (including phenoxy) is 2. The largest absolute Gasteiger partial charge is 0.385 e. The molecular weight excluding hydrogens is 330 g/mol. The first kappa shape index (κ1) is 18.6. The topological polar surface area (TPSA) is 30.5 Å². The fraction of sp³-hybridized carbons (Fsp3) is 0.647. The summed E-state index contributed by atoms with van der Waals surface area (Å²) in [7, 11) is 1.72. The van der Waals surface area contributed by atoms with Gasteiger partial charge in [-0.1, -0.05) is 48.0 Å². The van der Waals surface area contributed by atoms with Crippen LogP contribution in [0.1, 0.15) is 38.2 Å². The van der Waals surface area contributed by atoms with E-state index in [2.05, 4.69) is 59.4 Å². The molecule has 1 atom stereocenters. The van der Waals surface area contributed by atoms with E-state index in [-0.39, 0.29) is 0 Å². The highest BCUT2D eigenvalue weighted by Crippen LogP contribution is 2.27. The van der Waals surface area contributed by atoms with E-state index in [1.54, 1.807) is 7.11 Å². The summed E-state index contributed by atoms with van der Waals surface area (Å²) in [6.07, 6.45) is 1.98. The number of nitrogens with one attached hydrogen (secondary N) is 1. The quantitative estimate of drug-likeness (QED) is 0.607. The summed E-state index contributed by atoms with van der Waals surface area (Å²) >= 11 is 3.66. The average molecular weight is 358 g/mol. The Labute approximate surface area is 137 Å². The van der Waals surface area contributed by atoms with Crippen LogP contribution in [-0.2, 0) is 9.47 Å². The number of hydrogen-bond donors (Lipinski definition) is 1. The van der Waals surface area contributed by atoms with Crippen LogP contribution in [0.25, 0.3) is 0 Å². The lowest BCUT2D eigenvalue weighted by Crippen LogP contribution is -2.28. The van der Waals surface area contributed by atoms with Crippen molar-refractivity contribution in [1.29, 1.82) is 0 Å². The van der Waals surface area contributed by atoms with Crippen molar-refractivity contribution in [2.45, 2.75) is 38.6 Å². The molecule has 0 radical (unpaired) electrons. The van der Waals surface area contributed by atoms with Gasteiger partial charge in [0.15, 0.2) is 0 Å². The van der Waals surface area contributed by atoms with Gasteiger partial charge in [-0.3, -0.25) is 0 Å². The van der Waals surface area contributed by atoms with Crippen LogP contribution in [0.5, 0.6) is 0 Å². The fourth-order valence-corrected chi connectivity index (χ4v) is 2.79. The van der Waals surface area contributed by atoms with Crippen LogP contribution in [0.4, 0.5) is 0 Å². The molecular formula is C17H28BrNO2. The molecule has 0 spiro atoms. The average Bonchev–Trinajstić information content (AvgIpc) is 2.46. The molecule has 1 unspecified atom stereocenters. The van der Waals surface area contributed by atoms with E-state index in [0.717, 1.165) is 39.2 Å². The highest BCUT2D eigenvalue weighted by Gasteiger charge is 2.14. The van der Waals surface area contributed by atoms with Crippen molar-refractivity contribution in [2.75, 3.05) is 33.5 Å². The summed E-state index contributed by atoms with van der Waals surface area (Å²) < 4.78 is 11.9. The second-order valence-electron chi connectivity index (χ2n) is 5.53. The van der Waals surface area contributed by atoms with E-state index >= 15 is 0 Å². The highest BCUT2D eigenvalue weighted by molar-refractivity contribution is 9.10. The molecule has 120 valence electrons. The summed E-state index contributed by atoms with van der Waals surface area (Å²) in [6.45, 7) is 7.66. The van der Waals surface area contributed by atoms with Crippen molar-refractivity contribution in [3.05, 3.63) is 34.3 Å². The summed E-state index contributed by atoms with van der Waals surface area (Å²) in [6, 6.07) is 8.96. The molecule has 21 heavy (non-hydrogen) atoms. The molecule has 0 fully saturated rings. The Hall–Kier alpha value is -0.420. The lowest BCUT2D eigenvalue weighted by Gasteiger charge is -2.21. The Bertz CT molecular complexity index is 385. The second kappa shape index (κ2) is 11.2. The van der Waals surface area contributed by atoms with Crippen molar-refractivity contribution in [3.63, 3.8) is 0 Å². The molecule has 0 aliphatic carbocycles. The third-order valence-corrected chi connectivity index (χ3v) is 4.09. The van der Waals surface area contributed by atoms with Gasteiger partial charge in [0.25, 0.3) is 0 Å². The summed E-state index contributed by atoms with van der Waals surface area (Å²) in [5.74, 6) is 0.463. The SMILES string of the molecule is COCCCOCCC(CNC(C)C)c1ccccc1Br. The van der Waals surface area contributed by atoms with Gasteiger partial charge in [0, 0.05) is 44.0 Å². The van der Waals surface area contributed by atoms with Gasteiger partial charge < -0.3 is 14.8 Å². The maximum absolute atomic E-state index is 5.71. The van der Waals surface area contributed by atoms with E-state index in [9.17, 15) is 0 Å². The Morgan fingerprint density at radius 3 is 2.57 bits per heavy atom. The molecule has 4 heteroatoms. The Morgan fingerprint density at radius 2 is 1.90 bits per heavy atom. The van der Waals surface area contributed by atoms with Crippen molar-refractivity contribution < 1.29 is 9.47 Å². The molecule has 0 aliphatic heterocycles. The second-order valence-corrected chi connectivity index (χ2v) is 6.38. The smallest absolute Gasteiger partial charge is 0.0487 e. The van der Waals surface area contributed by atoms with Gasteiger partial charge in [0.2, 0.25) is 0 Å². The zero-order valence-corrected chi connectivity index (χ0v) is 15.0. The first-order chi connectivity index (χ1) is 10.1. The molecule has 0 saturated carbocycles. The van der Waals surface area contributed by atoms with E-state index in [0.29, 0.717) is 12.0 Å². The van der Waals surface area contributed by atoms with Crippen molar-refractivity contribution in [1.82, 2.24) is 5.32 Å². The number of rotatable bonds is 11. The molecule has 0 aliphatic rings. The van der Waals surface area contributed by atoms with Crippen LogP contribution < -0.4 is 5.32 Å². The van der Waals surface area contributed by atoms with Gasteiger partial charge >= 0.3 is 0 Å². The summed E-state index contributed by atoms with van der Waals surface area (Å²) in [5.41, 5.74) is 1.35. The van der Waals surface area contributed by atoms with Crippen LogP contribution in [0.15, 0.2) is 28.7 Å². The Morgan fingerprint density at radius 1 is 1.14 bits per heavy atom. The maximum atomic E-state index is 5.71. The van der Waals surface area contributed by atoms with Crippen LogP contribution in [0.3, 0.4) is 0 Å². The van der Waals surface area contributed by atoms with Crippen molar-refractivity contribution in [3.8, 4) is 0 Å². The van der Waals surface area contributed by atoms with E-state index in [4.69, 9.17) is 9.47 Å². The minimum Gasteiger partial charge on any atom is -0.385 e. The van der Waals surface area contributed by atoms with E-state index < -0.39 is 0 Å². The molecule has 0 saturated heterocycles. The zero-order chi connectivity index (χ0) is 15.5. The number of hydrogen-bond acceptors (Lipinski definition) is 3. The Kier molecular flexibility index (Phi) is 9.92. The van der Waals surface area contributed by atoms with Gasteiger partial charge in [0.1, 0.15) is 0 Å². The summed E-state index contributed by atoms with van der Waals surface area (Å²) in [4.78, 5) is 0. The molecule has 0 amide bonds. The standard InChI is InChI=1S/C17H28BrNO2/c1-14(2)19-13-15(9-12-21-11-6-10-20-3)16-7-4-5-8-17(16)18/h4-5,7-8,14-15,19H,6,9-13H2,1-3H3. The maximum Gasteiger partial charge on any atom is 0.0487 e. The molecule has 0 heterocycles. The van der Waals surface area contributed by atoms with Crippen molar-refractivity contribution in [2.24, 2.45) is 0 Å². The van der Waals surface area contributed by atoms with Gasteiger partial charge in [-0.05, 0) is 30.4 Å². The first-order valence-electron chi connectivity index (χ1n) is 7.69. The third-order valence-electron chi connectivity index (χ3n) is 3.37. The first-order valence-corrected chi connectivity index (χ1v) is 8.49.